The molecule has 0 radical (unpaired) electrons. The van der Waals surface area contributed by atoms with Crippen LogP contribution in [0.5, 0.6) is 0 Å². The van der Waals surface area contributed by atoms with E-state index in [-0.39, 0.29) is 0 Å². The van der Waals surface area contributed by atoms with Gasteiger partial charge in [-0.2, -0.15) is 0 Å². The van der Waals surface area contributed by atoms with Gasteiger partial charge in [-0.05, 0) is 17.4 Å². The second-order valence-corrected chi connectivity index (χ2v) is 9.16. The number of likely N-dealkylation sites (N-methyl/N-ethyl adjacent to an activating group) is 1. The Bertz CT molecular complexity index is 277. The summed E-state index contributed by atoms with van der Waals surface area (Å²) < 4.78 is 18.0. The molecular weight excluding hydrogens is 305 g/mol. The summed E-state index contributed by atoms with van der Waals surface area (Å²) in [6, 6.07) is 0. The number of hydrogen-bond donors (Lipinski definition) is 0. The number of quaternary nitrogens is 1. The van der Waals surface area contributed by atoms with E-state index in [4.69, 9.17) is 4.52 Å². The lowest BCUT2D eigenvalue weighted by molar-refractivity contribution is -0.870. The third-order valence-corrected chi connectivity index (χ3v) is 5.34. The van der Waals surface area contributed by atoms with Crippen molar-refractivity contribution in [3.8, 4) is 0 Å². The van der Waals surface area contributed by atoms with Crippen LogP contribution in [0.2, 0.25) is 0 Å². The largest absolute Gasteiger partial charge is 0.508 e. The van der Waals surface area contributed by atoms with E-state index in [2.05, 4.69) is 28.1 Å². The number of unbranched alkanes of at least 4 members (excludes halogenated alkanes) is 11. The Labute approximate surface area is 146 Å². The molecule has 4 heteroatoms. The van der Waals surface area contributed by atoms with E-state index in [1.165, 1.54) is 70.6 Å². The molecule has 0 aliphatic carbocycles. The Morgan fingerprint density at radius 2 is 1.17 bits per heavy atom. The predicted octanol–water partition coefficient (Wildman–Crippen LogP) is 6.15. The van der Waals surface area contributed by atoms with Crippen LogP contribution in [0, 0.1) is 0 Å². The zero-order chi connectivity index (χ0) is 17.4. The van der Waals surface area contributed by atoms with E-state index in [9.17, 15) is 4.57 Å². The molecule has 0 amide bonds. The number of rotatable bonds is 17. The Hall–Kier alpha value is 0.0200. The van der Waals surface area contributed by atoms with Crippen LogP contribution in [-0.4, -0.2) is 44.9 Å². The van der Waals surface area contributed by atoms with Crippen LogP contribution in [0.3, 0.4) is 0 Å². The van der Waals surface area contributed by atoms with Gasteiger partial charge in [0.05, 0.1) is 21.1 Å². The average molecular weight is 348 g/mol. The number of nitrogens with zero attached hydrogens (tertiary/aromatic N) is 1. The molecule has 0 aliphatic heterocycles. The molecule has 138 valence electrons. The monoisotopic (exact) mass is 347 g/mol. The Kier molecular flexibility index (Phi) is 15.6. The van der Waals surface area contributed by atoms with Crippen LogP contribution in [-0.2, 0) is 9.09 Å². The SMILES string of the molecule is CCCCCCCCCCCCCC[P+](=O)OCC[N+](C)(C)C. The lowest BCUT2D eigenvalue weighted by atomic mass is 10.1. The Balaban J connectivity index is 3.19. The topological polar surface area (TPSA) is 26.3 Å². The van der Waals surface area contributed by atoms with Crippen LogP contribution in [0.1, 0.15) is 84.0 Å². The molecule has 0 spiro atoms. The molecule has 0 bridgehead atoms. The molecule has 0 saturated heterocycles. The maximum atomic E-state index is 11.7. The van der Waals surface area contributed by atoms with Crippen molar-refractivity contribution < 1.29 is 13.6 Å². The van der Waals surface area contributed by atoms with Gasteiger partial charge in [0.25, 0.3) is 0 Å². The zero-order valence-corrected chi connectivity index (χ0v) is 17.2. The molecule has 0 rings (SSSR count). The van der Waals surface area contributed by atoms with Gasteiger partial charge in [-0.3, -0.25) is 0 Å². The summed E-state index contributed by atoms with van der Waals surface area (Å²) in [7, 11) is 4.95. The maximum Gasteiger partial charge on any atom is 0.508 e. The summed E-state index contributed by atoms with van der Waals surface area (Å²) in [6.45, 7) is 3.80. The first kappa shape index (κ1) is 23.0. The fraction of sp³-hybridized carbons (Fsp3) is 1.00. The molecule has 0 heterocycles. The van der Waals surface area contributed by atoms with Gasteiger partial charge in [-0.25, -0.2) is 0 Å². The van der Waals surface area contributed by atoms with Gasteiger partial charge in [0, 0.05) is 0 Å². The molecule has 0 aromatic carbocycles. The van der Waals surface area contributed by atoms with E-state index in [1.54, 1.807) is 0 Å². The second-order valence-electron chi connectivity index (χ2n) is 7.79. The van der Waals surface area contributed by atoms with Crippen LogP contribution < -0.4 is 0 Å². The van der Waals surface area contributed by atoms with Gasteiger partial charge < -0.3 is 4.48 Å². The lowest BCUT2D eigenvalue weighted by Gasteiger charge is -2.21. The molecule has 23 heavy (non-hydrogen) atoms. The van der Waals surface area contributed by atoms with Crippen molar-refractivity contribution in [2.24, 2.45) is 0 Å². The standard InChI is InChI=1S/C19H42NO2P/c1-5-6-7-8-9-10-11-12-13-14-15-16-19-23(21)22-18-17-20(2,3)4/h5-19H2,1-4H3/q+2. The third-order valence-electron chi connectivity index (χ3n) is 4.19. The highest BCUT2D eigenvalue weighted by molar-refractivity contribution is 7.39. The van der Waals surface area contributed by atoms with Crippen molar-refractivity contribution in [3.05, 3.63) is 0 Å². The molecule has 0 aromatic heterocycles. The number of hydrogen-bond acceptors (Lipinski definition) is 2. The summed E-state index contributed by atoms with van der Waals surface area (Å²) in [5, 5.41) is 0. The molecule has 3 nitrogen and oxygen atoms in total. The molecular formula is C19H42NO2P+2. The Morgan fingerprint density at radius 3 is 1.61 bits per heavy atom. The van der Waals surface area contributed by atoms with Crippen LogP contribution in [0.25, 0.3) is 0 Å². The van der Waals surface area contributed by atoms with Crippen molar-refractivity contribution in [1.82, 2.24) is 0 Å². The normalized spacial score (nSPS) is 12.6. The van der Waals surface area contributed by atoms with Crippen molar-refractivity contribution in [2.45, 2.75) is 84.0 Å². The van der Waals surface area contributed by atoms with Gasteiger partial charge in [0.2, 0.25) is 0 Å². The first-order valence-electron chi connectivity index (χ1n) is 9.84. The van der Waals surface area contributed by atoms with Gasteiger partial charge in [0.1, 0.15) is 6.54 Å². The summed E-state index contributed by atoms with van der Waals surface area (Å²) in [6.07, 6.45) is 16.8. The minimum absolute atomic E-state index is 0.608. The average Bonchev–Trinajstić information content (AvgIpc) is 2.47. The highest BCUT2D eigenvalue weighted by atomic mass is 31.1. The molecule has 0 aromatic rings. The minimum atomic E-state index is -1.43. The highest BCUT2D eigenvalue weighted by Gasteiger charge is 2.18. The van der Waals surface area contributed by atoms with Crippen molar-refractivity contribution in [1.29, 1.82) is 0 Å². The first-order chi connectivity index (χ1) is 11.0. The smallest absolute Gasteiger partial charge is 0.329 e. The second kappa shape index (κ2) is 15.5. The molecule has 0 saturated carbocycles. The van der Waals surface area contributed by atoms with E-state index in [0.29, 0.717) is 6.61 Å². The summed E-state index contributed by atoms with van der Waals surface area (Å²) in [5.41, 5.74) is 0. The minimum Gasteiger partial charge on any atom is -0.329 e. The van der Waals surface area contributed by atoms with Gasteiger partial charge >= 0.3 is 8.03 Å². The third kappa shape index (κ3) is 20.0. The van der Waals surface area contributed by atoms with Crippen molar-refractivity contribution in [2.75, 3.05) is 40.5 Å². The summed E-state index contributed by atoms with van der Waals surface area (Å²) in [4.78, 5) is 0. The summed E-state index contributed by atoms with van der Waals surface area (Å²) >= 11 is 0. The first-order valence-corrected chi connectivity index (χ1v) is 11.2. The van der Waals surface area contributed by atoms with Crippen LogP contribution >= 0.6 is 8.03 Å². The van der Waals surface area contributed by atoms with Crippen LogP contribution in [0.15, 0.2) is 0 Å². The van der Waals surface area contributed by atoms with Gasteiger partial charge in [-0.1, -0.05) is 71.1 Å². The van der Waals surface area contributed by atoms with E-state index < -0.39 is 8.03 Å². The van der Waals surface area contributed by atoms with Gasteiger partial charge in [-0.15, -0.1) is 4.52 Å². The Morgan fingerprint density at radius 1 is 0.739 bits per heavy atom. The van der Waals surface area contributed by atoms with Crippen LogP contribution in [0.4, 0.5) is 0 Å². The fourth-order valence-electron chi connectivity index (χ4n) is 2.56. The zero-order valence-electron chi connectivity index (χ0n) is 16.3. The van der Waals surface area contributed by atoms with Crippen molar-refractivity contribution in [3.63, 3.8) is 0 Å². The molecule has 1 atom stereocenters. The predicted molar refractivity (Wildman–Crippen MR) is 102 cm³/mol. The quantitative estimate of drug-likeness (QED) is 0.179. The van der Waals surface area contributed by atoms with E-state index in [0.717, 1.165) is 23.6 Å². The lowest BCUT2D eigenvalue weighted by Crippen LogP contribution is -2.37. The molecule has 0 N–H and O–H groups in total. The van der Waals surface area contributed by atoms with Gasteiger partial charge in [0.15, 0.2) is 12.8 Å². The maximum absolute atomic E-state index is 11.7. The summed E-state index contributed by atoms with van der Waals surface area (Å²) in [5.74, 6) is 0. The highest BCUT2D eigenvalue weighted by Crippen LogP contribution is 2.24. The molecule has 0 aliphatic rings. The molecule has 1 unspecified atom stereocenters. The van der Waals surface area contributed by atoms with Crippen molar-refractivity contribution >= 4 is 8.03 Å². The van der Waals surface area contributed by atoms with E-state index in [1.807, 2.05) is 0 Å². The fourth-order valence-corrected chi connectivity index (χ4v) is 3.46. The molecule has 0 fully saturated rings. The van der Waals surface area contributed by atoms with E-state index >= 15 is 0 Å².